The van der Waals surface area contributed by atoms with Crippen molar-refractivity contribution in [3.8, 4) is 0 Å². The van der Waals surface area contributed by atoms with Crippen molar-refractivity contribution in [3.05, 3.63) is 45.8 Å². The Morgan fingerprint density at radius 3 is 2.56 bits per heavy atom. The third-order valence-electron chi connectivity index (χ3n) is 2.06. The van der Waals surface area contributed by atoms with Gasteiger partial charge in [0, 0.05) is 5.69 Å². The van der Waals surface area contributed by atoms with Crippen LogP contribution in [0.5, 0.6) is 0 Å². The molecule has 0 amide bonds. The van der Waals surface area contributed by atoms with Gasteiger partial charge in [-0.3, -0.25) is 0 Å². The van der Waals surface area contributed by atoms with Crippen LogP contribution < -0.4 is 5.32 Å². The molecule has 1 aromatic heterocycles. The largest absolute Gasteiger partial charge is 0.339 e. The predicted molar refractivity (Wildman–Crippen MR) is 69.2 cm³/mol. The molecule has 0 unspecified atom stereocenters. The van der Waals surface area contributed by atoms with E-state index in [0.717, 1.165) is 5.69 Å². The van der Waals surface area contributed by atoms with Gasteiger partial charge in [-0.25, -0.2) is 9.97 Å². The summed E-state index contributed by atoms with van der Waals surface area (Å²) in [6.07, 6.45) is 1.42. The van der Waals surface area contributed by atoms with Crippen molar-refractivity contribution in [2.75, 3.05) is 5.32 Å². The average molecular weight is 299 g/mol. The number of hydrogen-bond acceptors (Lipinski definition) is 3. The van der Waals surface area contributed by atoms with Gasteiger partial charge in [-0.2, -0.15) is 0 Å². The second-order valence-electron chi connectivity index (χ2n) is 3.32. The molecular formula is C11H9BrClN3. The molecule has 2 rings (SSSR count). The van der Waals surface area contributed by atoms with E-state index in [2.05, 4.69) is 31.2 Å². The summed E-state index contributed by atoms with van der Waals surface area (Å²) in [6.45, 7) is 2.04. The SMILES string of the molecule is Cc1ccc(Nc2ncnc(Cl)c2Br)cc1. The molecule has 1 aromatic carbocycles. The number of nitrogens with zero attached hydrogens (tertiary/aromatic N) is 2. The molecule has 0 saturated heterocycles. The number of aromatic nitrogens is 2. The molecule has 82 valence electrons. The highest BCUT2D eigenvalue weighted by atomic mass is 79.9. The third kappa shape index (κ3) is 2.51. The molecule has 5 heteroatoms. The van der Waals surface area contributed by atoms with Crippen LogP contribution in [0.15, 0.2) is 35.1 Å². The van der Waals surface area contributed by atoms with Crippen LogP contribution >= 0.6 is 27.5 Å². The molecule has 0 atom stereocenters. The molecule has 1 heterocycles. The lowest BCUT2D eigenvalue weighted by Crippen LogP contribution is -1.96. The Hall–Kier alpha value is -1.13. The third-order valence-corrected chi connectivity index (χ3v) is 3.33. The van der Waals surface area contributed by atoms with Gasteiger partial charge in [0.1, 0.15) is 17.3 Å². The normalized spacial score (nSPS) is 10.2. The number of aryl methyl sites for hydroxylation is 1. The van der Waals surface area contributed by atoms with E-state index in [0.29, 0.717) is 15.4 Å². The van der Waals surface area contributed by atoms with Gasteiger partial charge >= 0.3 is 0 Å². The Balaban J connectivity index is 2.27. The molecule has 2 aromatic rings. The first-order chi connectivity index (χ1) is 7.66. The number of halogens is 2. The van der Waals surface area contributed by atoms with Crippen molar-refractivity contribution < 1.29 is 0 Å². The number of anilines is 2. The smallest absolute Gasteiger partial charge is 0.149 e. The molecular weight excluding hydrogens is 289 g/mol. The predicted octanol–water partition coefficient (Wildman–Crippen LogP) is 3.94. The second kappa shape index (κ2) is 4.80. The van der Waals surface area contributed by atoms with E-state index in [1.54, 1.807) is 0 Å². The van der Waals surface area contributed by atoms with Gasteiger partial charge in [0.05, 0.1) is 4.47 Å². The highest BCUT2D eigenvalue weighted by molar-refractivity contribution is 9.10. The van der Waals surface area contributed by atoms with Crippen LogP contribution in [-0.4, -0.2) is 9.97 Å². The molecule has 0 aliphatic carbocycles. The fourth-order valence-electron chi connectivity index (χ4n) is 1.21. The summed E-state index contributed by atoms with van der Waals surface area (Å²) in [7, 11) is 0. The maximum absolute atomic E-state index is 5.87. The van der Waals surface area contributed by atoms with E-state index in [9.17, 15) is 0 Å². The summed E-state index contributed by atoms with van der Waals surface area (Å²) in [6, 6.07) is 8.02. The summed E-state index contributed by atoms with van der Waals surface area (Å²) >= 11 is 9.20. The van der Waals surface area contributed by atoms with Gasteiger partial charge in [0.15, 0.2) is 0 Å². The van der Waals surface area contributed by atoms with Crippen molar-refractivity contribution in [3.63, 3.8) is 0 Å². The van der Waals surface area contributed by atoms with Crippen LogP contribution in [0.25, 0.3) is 0 Å². The van der Waals surface area contributed by atoms with Crippen molar-refractivity contribution >= 4 is 39.0 Å². The Labute approximate surface area is 107 Å². The zero-order valence-electron chi connectivity index (χ0n) is 8.54. The van der Waals surface area contributed by atoms with E-state index in [1.165, 1.54) is 11.9 Å². The van der Waals surface area contributed by atoms with Crippen LogP contribution in [0.4, 0.5) is 11.5 Å². The minimum atomic E-state index is 0.393. The minimum Gasteiger partial charge on any atom is -0.339 e. The summed E-state index contributed by atoms with van der Waals surface area (Å²) in [5.41, 5.74) is 2.17. The Kier molecular flexibility index (Phi) is 3.41. The summed E-state index contributed by atoms with van der Waals surface area (Å²) < 4.78 is 0.664. The Bertz CT molecular complexity index is 499. The highest BCUT2D eigenvalue weighted by Gasteiger charge is 2.06. The lowest BCUT2D eigenvalue weighted by Gasteiger charge is -2.07. The van der Waals surface area contributed by atoms with Crippen molar-refractivity contribution in [2.45, 2.75) is 6.92 Å². The number of nitrogens with one attached hydrogen (secondary N) is 1. The Morgan fingerprint density at radius 1 is 1.19 bits per heavy atom. The van der Waals surface area contributed by atoms with Crippen LogP contribution in [0.1, 0.15) is 5.56 Å². The van der Waals surface area contributed by atoms with E-state index in [1.807, 2.05) is 31.2 Å². The molecule has 16 heavy (non-hydrogen) atoms. The molecule has 0 bridgehead atoms. The maximum Gasteiger partial charge on any atom is 0.149 e. The first-order valence-corrected chi connectivity index (χ1v) is 5.83. The molecule has 0 radical (unpaired) electrons. The van der Waals surface area contributed by atoms with Gasteiger partial charge < -0.3 is 5.32 Å². The fraction of sp³-hybridized carbons (Fsp3) is 0.0909. The summed E-state index contributed by atoms with van der Waals surface area (Å²) in [5.74, 6) is 0.656. The minimum absolute atomic E-state index is 0.393. The number of hydrogen-bond donors (Lipinski definition) is 1. The van der Waals surface area contributed by atoms with E-state index in [4.69, 9.17) is 11.6 Å². The molecule has 0 saturated carbocycles. The van der Waals surface area contributed by atoms with Crippen LogP contribution in [0.3, 0.4) is 0 Å². The first-order valence-electron chi connectivity index (χ1n) is 4.66. The topological polar surface area (TPSA) is 37.8 Å². The van der Waals surface area contributed by atoms with Crippen LogP contribution in [0.2, 0.25) is 5.15 Å². The Morgan fingerprint density at radius 2 is 1.88 bits per heavy atom. The van der Waals surface area contributed by atoms with Gasteiger partial charge in [0.25, 0.3) is 0 Å². The van der Waals surface area contributed by atoms with E-state index in [-0.39, 0.29) is 0 Å². The van der Waals surface area contributed by atoms with Crippen molar-refractivity contribution in [2.24, 2.45) is 0 Å². The monoisotopic (exact) mass is 297 g/mol. The molecule has 0 spiro atoms. The van der Waals surface area contributed by atoms with Gasteiger partial charge in [-0.15, -0.1) is 0 Å². The highest BCUT2D eigenvalue weighted by Crippen LogP contribution is 2.28. The molecule has 0 fully saturated rings. The molecule has 1 N–H and O–H groups in total. The van der Waals surface area contributed by atoms with E-state index >= 15 is 0 Å². The number of rotatable bonds is 2. The average Bonchev–Trinajstić information content (AvgIpc) is 2.28. The lowest BCUT2D eigenvalue weighted by molar-refractivity contribution is 1.15. The van der Waals surface area contributed by atoms with Gasteiger partial charge in [-0.05, 0) is 35.0 Å². The molecule has 3 nitrogen and oxygen atoms in total. The summed E-state index contributed by atoms with van der Waals surface area (Å²) in [5, 5.41) is 3.55. The quantitative estimate of drug-likeness (QED) is 0.853. The standard InChI is InChI=1S/C11H9BrClN3/c1-7-2-4-8(5-3-7)16-11-9(12)10(13)14-6-15-11/h2-6H,1H3,(H,14,15,16). The van der Waals surface area contributed by atoms with Crippen molar-refractivity contribution in [1.82, 2.24) is 9.97 Å². The maximum atomic E-state index is 5.87. The first kappa shape index (κ1) is 11.4. The van der Waals surface area contributed by atoms with Crippen LogP contribution in [0, 0.1) is 6.92 Å². The van der Waals surface area contributed by atoms with Gasteiger partial charge in [0.2, 0.25) is 0 Å². The molecule has 0 aliphatic rings. The zero-order chi connectivity index (χ0) is 11.5. The van der Waals surface area contributed by atoms with Crippen molar-refractivity contribution in [1.29, 1.82) is 0 Å². The second-order valence-corrected chi connectivity index (χ2v) is 4.47. The molecule has 0 aliphatic heterocycles. The summed E-state index contributed by atoms with van der Waals surface area (Å²) in [4.78, 5) is 7.97. The number of benzene rings is 1. The van der Waals surface area contributed by atoms with Crippen LogP contribution in [-0.2, 0) is 0 Å². The van der Waals surface area contributed by atoms with Gasteiger partial charge in [-0.1, -0.05) is 29.3 Å². The fourth-order valence-corrected chi connectivity index (χ4v) is 1.65. The zero-order valence-corrected chi connectivity index (χ0v) is 10.9. The lowest BCUT2D eigenvalue weighted by atomic mass is 10.2. The van der Waals surface area contributed by atoms with E-state index < -0.39 is 0 Å².